The van der Waals surface area contributed by atoms with Crippen LogP contribution < -0.4 is 5.32 Å². The molecular formula is C14H20N6S. The Hall–Kier alpha value is -1.34. The van der Waals surface area contributed by atoms with E-state index in [1.807, 2.05) is 35.9 Å². The summed E-state index contributed by atoms with van der Waals surface area (Å²) in [4.78, 5) is 0. The van der Waals surface area contributed by atoms with Crippen molar-refractivity contribution in [3.63, 3.8) is 0 Å². The van der Waals surface area contributed by atoms with Crippen LogP contribution in [0.25, 0.3) is 0 Å². The zero-order chi connectivity index (χ0) is 14.4. The maximum atomic E-state index is 4.56. The van der Waals surface area contributed by atoms with Gasteiger partial charge >= 0.3 is 0 Å². The highest BCUT2D eigenvalue weighted by atomic mass is 32.2. The molecule has 0 aliphatic carbocycles. The Bertz CT molecular complexity index is 654. The molecule has 6 nitrogen and oxygen atoms in total. The molecule has 1 saturated heterocycles. The van der Waals surface area contributed by atoms with Gasteiger partial charge in [-0.05, 0) is 25.5 Å². The number of aromatic nitrogens is 5. The highest BCUT2D eigenvalue weighted by molar-refractivity contribution is 8.00. The lowest BCUT2D eigenvalue weighted by atomic mass is 10.0. The predicted octanol–water partition coefficient (Wildman–Crippen LogP) is 1.45. The molecule has 21 heavy (non-hydrogen) atoms. The van der Waals surface area contributed by atoms with E-state index in [1.165, 1.54) is 18.6 Å². The zero-order valence-corrected chi connectivity index (χ0v) is 13.2. The quantitative estimate of drug-likeness (QED) is 0.910. The maximum Gasteiger partial charge on any atom is 0.155 e. The van der Waals surface area contributed by atoms with Crippen molar-refractivity contribution < 1.29 is 0 Å². The monoisotopic (exact) mass is 304 g/mol. The smallest absolute Gasteiger partial charge is 0.155 e. The van der Waals surface area contributed by atoms with Crippen molar-refractivity contribution >= 4 is 11.8 Å². The molecule has 2 aromatic heterocycles. The van der Waals surface area contributed by atoms with Gasteiger partial charge in [0.25, 0.3) is 0 Å². The summed E-state index contributed by atoms with van der Waals surface area (Å²) in [6.07, 6.45) is 6.43. The Kier molecular flexibility index (Phi) is 3.08. The fraction of sp³-hybridized carbons (Fsp3) is 0.643. The van der Waals surface area contributed by atoms with Gasteiger partial charge in [-0.15, -0.1) is 22.0 Å². The average Bonchev–Trinajstić information content (AvgIpc) is 3.17. The third-order valence-electron chi connectivity index (χ3n) is 4.47. The molecule has 2 unspecified atom stereocenters. The van der Waals surface area contributed by atoms with Crippen LogP contribution in [0.2, 0.25) is 0 Å². The third-order valence-corrected chi connectivity index (χ3v) is 5.99. The minimum Gasteiger partial charge on any atom is -0.311 e. The van der Waals surface area contributed by atoms with Crippen LogP contribution in [0.4, 0.5) is 0 Å². The predicted molar refractivity (Wildman–Crippen MR) is 82.1 cm³/mol. The summed E-state index contributed by atoms with van der Waals surface area (Å²) < 4.78 is 4.29. The van der Waals surface area contributed by atoms with Gasteiger partial charge in [0, 0.05) is 31.9 Å². The molecule has 4 rings (SSSR count). The van der Waals surface area contributed by atoms with E-state index in [-0.39, 0.29) is 10.8 Å². The molecule has 2 aliphatic heterocycles. The molecule has 4 heterocycles. The van der Waals surface area contributed by atoms with E-state index in [2.05, 4.69) is 32.1 Å². The summed E-state index contributed by atoms with van der Waals surface area (Å²) in [6, 6.07) is 0.101. The molecule has 1 fully saturated rings. The highest BCUT2D eigenvalue weighted by Crippen LogP contribution is 2.46. The Labute approximate surface area is 128 Å². The lowest BCUT2D eigenvalue weighted by Crippen LogP contribution is -2.36. The first-order chi connectivity index (χ1) is 10.2. The largest absolute Gasteiger partial charge is 0.311 e. The Balaban J connectivity index is 1.75. The summed E-state index contributed by atoms with van der Waals surface area (Å²) >= 11 is 2.02. The van der Waals surface area contributed by atoms with Gasteiger partial charge in [0.1, 0.15) is 5.82 Å². The number of fused-ring (bicyclic) bond motifs is 1. The first kappa shape index (κ1) is 13.3. The molecule has 2 aliphatic rings. The lowest BCUT2D eigenvalue weighted by molar-refractivity contribution is 0.433. The number of rotatable bonds is 2. The van der Waals surface area contributed by atoms with Crippen LogP contribution in [0.1, 0.15) is 43.0 Å². The van der Waals surface area contributed by atoms with E-state index in [1.54, 1.807) is 0 Å². The maximum absolute atomic E-state index is 4.56. The molecule has 7 heteroatoms. The minimum atomic E-state index is 0.101. The summed E-state index contributed by atoms with van der Waals surface area (Å²) in [5, 5.41) is 16.9. The fourth-order valence-electron chi connectivity index (χ4n) is 3.36. The van der Waals surface area contributed by atoms with Gasteiger partial charge in [0.2, 0.25) is 0 Å². The minimum absolute atomic E-state index is 0.101. The van der Waals surface area contributed by atoms with Crippen molar-refractivity contribution in [1.29, 1.82) is 0 Å². The van der Waals surface area contributed by atoms with Crippen LogP contribution in [0.15, 0.2) is 12.4 Å². The average molecular weight is 304 g/mol. The van der Waals surface area contributed by atoms with E-state index < -0.39 is 0 Å². The summed E-state index contributed by atoms with van der Waals surface area (Å²) in [6.45, 7) is 4.20. The van der Waals surface area contributed by atoms with Crippen molar-refractivity contribution in [2.75, 3.05) is 12.3 Å². The summed E-state index contributed by atoms with van der Waals surface area (Å²) in [5.41, 5.74) is 1.15. The zero-order valence-electron chi connectivity index (χ0n) is 12.4. The molecule has 0 aromatic carbocycles. The first-order valence-corrected chi connectivity index (χ1v) is 8.45. The second-order valence-corrected chi connectivity index (χ2v) is 7.65. The Morgan fingerprint density at radius 2 is 2.33 bits per heavy atom. The SMILES string of the molecule is Cn1cc(C2NCCn3c2nnc3C2(C)CCCS2)cn1. The van der Waals surface area contributed by atoms with Crippen LogP contribution >= 0.6 is 11.8 Å². The van der Waals surface area contributed by atoms with E-state index in [9.17, 15) is 0 Å². The first-order valence-electron chi connectivity index (χ1n) is 7.47. The number of thioether (sulfide) groups is 1. The molecule has 112 valence electrons. The topological polar surface area (TPSA) is 60.6 Å². The normalized spacial score (nSPS) is 28.8. The molecule has 0 spiro atoms. The number of aryl methyl sites for hydroxylation is 1. The van der Waals surface area contributed by atoms with Crippen LogP contribution in [0.5, 0.6) is 0 Å². The molecule has 2 atom stereocenters. The van der Waals surface area contributed by atoms with Crippen LogP contribution in [0, 0.1) is 0 Å². The number of nitrogens with one attached hydrogen (secondary N) is 1. The van der Waals surface area contributed by atoms with E-state index in [0.717, 1.165) is 30.3 Å². The van der Waals surface area contributed by atoms with Crippen LogP contribution in [-0.4, -0.2) is 36.8 Å². The number of hydrogen-bond donors (Lipinski definition) is 1. The van der Waals surface area contributed by atoms with Gasteiger partial charge in [0.15, 0.2) is 5.82 Å². The molecule has 0 saturated carbocycles. The van der Waals surface area contributed by atoms with Crippen molar-refractivity contribution in [3.8, 4) is 0 Å². The summed E-state index contributed by atoms with van der Waals surface area (Å²) in [5.74, 6) is 3.40. The molecule has 0 bridgehead atoms. The number of nitrogens with zero attached hydrogens (tertiary/aromatic N) is 5. The lowest BCUT2D eigenvalue weighted by Gasteiger charge is -2.28. The van der Waals surface area contributed by atoms with Crippen molar-refractivity contribution in [2.45, 2.75) is 37.1 Å². The highest BCUT2D eigenvalue weighted by Gasteiger charge is 2.39. The van der Waals surface area contributed by atoms with Crippen molar-refractivity contribution in [3.05, 3.63) is 29.6 Å². The second-order valence-electron chi connectivity index (χ2n) is 6.05. The molecule has 0 amide bonds. The van der Waals surface area contributed by atoms with E-state index >= 15 is 0 Å². The number of hydrogen-bond acceptors (Lipinski definition) is 5. The van der Waals surface area contributed by atoms with Crippen LogP contribution in [0.3, 0.4) is 0 Å². The molecule has 1 N–H and O–H groups in total. The van der Waals surface area contributed by atoms with E-state index in [0.29, 0.717) is 0 Å². The van der Waals surface area contributed by atoms with Crippen molar-refractivity contribution in [1.82, 2.24) is 29.9 Å². The third kappa shape index (κ3) is 2.10. The second kappa shape index (κ2) is 4.84. The van der Waals surface area contributed by atoms with Gasteiger partial charge in [-0.2, -0.15) is 5.10 Å². The van der Waals surface area contributed by atoms with Gasteiger partial charge in [-0.1, -0.05) is 0 Å². The molecule has 2 aromatic rings. The fourth-order valence-corrected chi connectivity index (χ4v) is 4.67. The van der Waals surface area contributed by atoms with Gasteiger partial charge < -0.3 is 9.88 Å². The van der Waals surface area contributed by atoms with Gasteiger partial charge in [0.05, 0.1) is 17.0 Å². The van der Waals surface area contributed by atoms with Gasteiger partial charge in [-0.3, -0.25) is 4.68 Å². The molecular weight excluding hydrogens is 284 g/mol. The molecule has 0 radical (unpaired) electrons. The summed E-state index contributed by atoms with van der Waals surface area (Å²) in [7, 11) is 1.94. The Morgan fingerprint density at radius 1 is 1.43 bits per heavy atom. The standard InChI is InChI=1S/C14H20N6S/c1-14(4-3-7-21-14)13-18-17-12-11(15-5-6-20(12)13)10-8-16-19(2)9-10/h8-9,11,15H,3-7H2,1-2H3. The van der Waals surface area contributed by atoms with Crippen molar-refractivity contribution in [2.24, 2.45) is 7.05 Å². The van der Waals surface area contributed by atoms with Gasteiger partial charge in [-0.25, -0.2) is 0 Å². The van der Waals surface area contributed by atoms with Crippen LogP contribution in [-0.2, 0) is 18.3 Å². The van der Waals surface area contributed by atoms with E-state index in [4.69, 9.17) is 0 Å². The Morgan fingerprint density at radius 3 is 3.05 bits per heavy atom.